The molecule has 0 saturated carbocycles. The number of ether oxygens (including phenoxy) is 1. The van der Waals surface area contributed by atoms with Crippen molar-refractivity contribution in [2.75, 3.05) is 11.4 Å². The number of Topliss-reactive ketones (excluding diaryl/α,β-unsaturated/α-hetero) is 1. The van der Waals surface area contributed by atoms with Gasteiger partial charge in [-0.1, -0.05) is 6.92 Å². The fourth-order valence-electron chi connectivity index (χ4n) is 3.18. The topological polar surface area (TPSA) is 85.3 Å². The van der Waals surface area contributed by atoms with Gasteiger partial charge in [-0.05, 0) is 58.4 Å². The van der Waals surface area contributed by atoms with E-state index in [1.807, 2.05) is 53.7 Å². The molecule has 0 atom stereocenters. The number of rotatable bonds is 5. The second-order valence-corrected chi connectivity index (χ2v) is 8.34. The van der Waals surface area contributed by atoms with Crippen LogP contribution in [-0.4, -0.2) is 39.0 Å². The van der Waals surface area contributed by atoms with Gasteiger partial charge in [0.1, 0.15) is 17.1 Å². The van der Waals surface area contributed by atoms with Crippen molar-refractivity contribution in [2.45, 2.75) is 53.6 Å². The Morgan fingerprint density at radius 2 is 1.65 bits per heavy atom. The molecule has 1 amide bonds. The normalized spacial score (nSPS) is 11.4. The van der Waals surface area contributed by atoms with Crippen LogP contribution in [-0.2, 0) is 4.74 Å². The van der Waals surface area contributed by atoms with Gasteiger partial charge in [-0.25, -0.2) is 9.78 Å². The van der Waals surface area contributed by atoms with Crippen LogP contribution >= 0.6 is 0 Å². The fourth-order valence-corrected chi connectivity index (χ4v) is 3.18. The molecule has 3 heterocycles. The second-order valence-electron chi connectivity index (χ2n) is 8.34. The monoisotopic (exact) mass is 420 g/mol. The SMILES string of the molecule is CCC(=O)c1cc(C)c(-c2cc3cnc(N(CC)C(=O)OC(C)(C)C)cc3cn2)cn1. The molecule has 0 aliphatic rings. The van der Waals surface area contributed by atoms with E-state index in [2.05, 4.69) is 15.0 Å². The van der Waals surface area contributed by atoms with Crippen LogP contribution in [0.1, 0.15) is 57.1 Å². The van der Waals surface area contributed by atoms with Crippen LogP contribution < -0.4 is 4.90 Å². The lowest BCUT2D eigenvalue weighted by Crippen LogP contribution is -2.37. The lowest BCUT2D eigenvalue weighted by molar-refractivity contribution is 0.0581. The smallest absolute Gasteiger partial charge is 0.415 e. The number of carbonyl (C=O) groups excluding carboxylic acids is 2. The van der Waals surface area contributed by atoms with Gasteiger partial charge < -0.3 is 4.74 Å². The van der Waals surface area contributed by atoms with Crippen molar-refractivity contribution in [3.05, 3.63) is 48.0 Å². The van der Waals surface area contributed by atoms with Crippen molar-refractivity contribution in [2.24, 2.45) is 0 Å². The Morgan fingerprint density at radius 1 is 0.968 bits per heavy atom. The molecule has 162 valence electrons. The summed E-state index contributed by atoms with van der Waals surface area (Å²) in [6.07, 6.45) is 5.15. The molecule has 0 N–H and O–H groups in total. The first-order valence-electron chi connectivity index (χ1n) is 10.4. The molecule has 0 saturated heterocycles. The van der Waals surface area contributed by atoms with Crippen LogP contribution in [0.4, 0.5) is 10.6 Å². The lowest BCUT2D eigenvalue weighted by atomic mass is 10.0. The van der Waals surface area contributed by atoms with Crippen molar-refractivity contribution < 1.29 is 14.3 Å². The average molecular weight is 421 g/mol. The van der Waals surface area contributed by atoms with Crippen LogP contribution in [0.5, 0.6) is 0 Å². The van der Waals surface area contributed by atoms with Gasteiger partial charge in [0.2, 0.25) is 0 Å². The number of ketones is 1. The lowest BCUT2D eigenvalue weighted by Gasteiger charge is -2.26. The highest BCUT2D eigenvalue weighted by molar-refractivity contribution is 5.95. The molecule has 0 aliphatic carbocycles. The molecular formula is C24H28N4O3. The molecule has 0 spiro atoms. The molecule has 3 aromatic heterocycles. The third-order valence-corrected chi connectivity index (χ3v) is 4.79. The first-order valence-corrected chi connectivity index (χ1v) is 10.4. The van der Waals surface area contributed by atoms with Crippen LogP contribution in [0.15, 0.2) is 36.8 Å². The predicted octanol–water partition coefficient (Wildman–Crippen LogP) is 5.35. The molecule has 0 fully saturated rings. The molecule has 0 bridgehead atoms. The van der Waals surface area contributed by atoms with Gasteiger partial charge in [0.05, 0.1) is 5.69 Å². The van der Waals surface area contributed by atoms with E-state index in [1.165, 1.54) is 4.90 Å². The van der Waals surface area contributed by atoms with Crippen molar-refractivity contribution in [1.82, 2.24) is 15.0 Å². The number of fused-ring (bicyclic) bond motifs is 1. The molecule has 7 heteroatoms. The summed E-state index contributed by atoms with van der Waals surface area (Å²) in [7, 11) is 0. The number of pyridine rings is 3. The Balaban J connectivity index is 1.93. The number of aryl methyl sites for hydroxylation is 1. The summed E-state index contributed by atoms with van der Waals surface area (Å²) >= 11 is 0. The second kappa shape index (κ2) is 8.79. The van der Waals surface area contributed by atoms with Gasteiger partial charge in [0, 0.05) is 47.9 Å². The zero-order valence-corrected chi connectivity index (χ0v) is 18.9. The van der Waals surface area contributed by atoms with E-state index in [-0.39, 0.29) is 5.78 Å². The van der Waals surface area contributed by atoms with Crippen LogP contribution in [0.25, 0.3) is 22.0 Å². The van der Waals surface area contributed by atoms with E-state index < -0.39 is 11.7 Å². The van der Waals surface area contributed by atoms with Gasteiger partial charge in [-0.3, -0.25) is 19.7 Å². The predicted molar refractivity (Wildman–Crippen MR) is 121 cm³/mol. The minimum atomic E-state index is -0.582. The van der Waals surface area contributed by atoms with Crippen molar-refractivity contribution >= 4 is 28.5 Å². The summed E-state index contributed by atoms with van der Waals surface area (Å²) in [5, 5.41) is 1.75. The maximum Gasteiger partial charge on any atom is 0.415 e. The van der Waals surface area contributed by atoms with Gasteiger partial charge in [0.25, 0.3) is 0 Å². The largest absolute Gasteiger partial charge is 0.443 e. The molecule has 0 aliphatic heterocycles. The highest BCUT2D eigenvalue weighted by Crippen LogP contribution is 2.27. The van der Waals surface area contributed by atoms with Gasteiger partial charge >= 0.3 is 6.09 Å². The van der Waals surface area contributed by atoms with Gasteiger partial charge in [-0.15, -0.1) is 0 Å². The van der Waals surface area contributed by atoms with E-state index in [1.54, 1.807) is 24.7 Å². The maximum atomic E-state index is 12.5. The highest BCUT2D eigenvalue weighted by Gasteiger charge is 2.23. The third-order valence-electron chi connectivity index (χ3n) is 4.79. The Labute approximate surface area is 182 Å². The Morgan fingerprint density at radius 3 is 2.26 bits per heavy atom. The first-order chi connectivity index (χ1) is 14.6. The minimum absolute atomic E-state index is 0.0170. The van der Waals surface area contributed by atoms with E-state index in [4.69, 9.17) is 4.74 Å². The molecule has 0 radical (unpaired) electrons. The quantitative estimate of drug-likeness (QED) is 0.517. The molecule has 7 nitrogen and oxygen atoms in total. The summed E-state index contributed by atoms with van der Waals surface area (Å²) in [4.78, 5) is 39.3. The van der Waals surface area contributed by atoms with E-state index in [0.29, 0.717) is 24.5 Å². The van der Waals surface area contributed by atoms with Gasteiger partial charge in [0.15, 0.2) is 5.78 Å². The summed E-state index contributed by atoms with van der Waals surface area (Å²) in [5.41, 5.74) is 2.44. The fraction of sp³-hybridized carbons (Fsp3) is 0.375. The summed E-state index contributed by atoms with van der Waals surface area (Å²) in [6, 6.07) is 5.56. The number of carbonyl (C=O) groups is 2. The number of hydrogen-bond donors (Lipinski definition) is 0. The van der Waals surface area contributed by atoms with E-state index >= 15 is 0 Å². The van der Waals surface area contributed by atoms with Gasteiger partial charge in [-0.2, -0.15) is 0 Å². The maximum absolute atomic E-state index is 12.5. The molecule has 3 rings (SSSR count). The molecule has 0 aromatic carbocycles. The van der Waals surface area contributed by atoms with Crippen molar-refractivity contribution in [3.63, 3.8) is 0 Å². The number of amides is 1. The van der Waals surface area contributed by atoms with Crippen molar-refractivity contribution in [3.8, 4) is 11.3 Å². The van der Waals surface area contributed by atoms with Crippen molar-refractivity contribution in [1.29, 1.82) is 0 Å². The summed E-state index contributed by atoms with van der Waals surface area (Å²) in [5.74, 6) is 0.530. The number of hydrogen-bond acceptors (Lipinski definition) is 6. The van der Waals surface area contributed by atoms with E-state index in [0.717, 1.165) is 27.6 Å². The van der Waals surface area contributed by atoms with E-state index in [9.17, 15) is 9.59 Å². The summed E-state index contributed by atoms with van der Waals surface area (Å²) in [6.45, 7) is 11.6. The molecule has 0 unspecified atom stereocenters. The standard InChI is InChI=1S/C24H28N4O3/c1-7-21(29)20-9-15(3)18(14-26-20)19-10-16-13-27-22(11-17(16)12-25-19)28(8-2)23(30)31-24(4,5)6/h9-14H,7-8H2,1-6H3. The zero-order chi connectivity index (χ0) is 22.8. The van der Waals surface area contributed by atoms with Crippen LogP contribution in [0.3, 0.4) is 0 Å². The number of aromatic nitrogens is 3. The minimum Gasteiger partial charge on any atom is -0.443 e. The Bertz CT molecular complexity index is 1140. The first kappa shape index (κ1) is 22.3. The zero-order valence-electron chi connectivity index (χ0n) is 18.9. The highest BCUT2D eigenvalue weighted by atomic mass is 16.6. The number of nitrogens with zero attached hydrogens (tertiary/aromatic N) is 4. The average Bonchev–Trinajstić information content (AvgIpc) is 2.72. The summed E-state index contributed by atoms with van der Waals surface area (Å²) < 4.78 is 5.48. The molecular weight excluding hydrogens is 392 g/mol. The van der Waals surface area contributed by atoms with Crippen LogP contribution in [0, 0.1) is 6.92 Å². The molecule has 31 heavy (non-hydrogen) atoms. The number of anilines is 1. The van der Waals surface area contributed by atoms with Crippen LogP contribution in [0.2, 0.25) is 0 Å². The molecule has 3 aromatic rings. The Hall–Kier alpha value is -3.35. The Kier molecular flexibility index (Phi) is 6.34. The third kappa shape index (κ3) is 5.05.